The van der Waals surface area contributed by atoms with Crippen LogP contribution in [0.2, 0.25) is 0 Å². The summed E-state index contributed by atoms with van der Waals surface area (Å²) in [6, 6.07) is 24.9. The van der Waals surface area contributed by atoms with Crippen LogP contribution in [-0.2, 0) is 0 Å². The SMILES string of the molecule is O=C1C(C2=CC(c3ccccc3)C(c3ccc(Br)cc3)N=N2)=C(O)c2ccccc21. The minimum absolute atomic E-state index is 0.0327. The average Bonchev–Trinajstić information content (AvgIpc) is 3.05. The maximum Gasteiger partial charge on any atom is 0.199 e. The van der Waals surface area contributed by atoms with E-state index in [1.54, 1.807) is 24.3 Å². The first-order valence-electron chi connectivity index (χ1n) is 9.64. The van der Waals surface area contributed by atoms with Gasteiger partial charge in [0.1, 0.15) is 11.8 Å². The van der Waals surface area contributed by atoms with Gasteiger partial charge in [-0.1, -0.05) is 82.7 Å². The molecule has 3 aromatic rings. The van der Waals surface area contributed by atoms with Crippen molar-refractivity contribution < 1.29 is 9.90 Å². The van der Waals surface area contributed by atoms with Gasteiger partial charge in [0.25, 0.3) is 0 Å². The number of allylic oxidation sites excluding steroid dienone is 1. The fourth-order valence-corrected chi connectivity index (χ4v) is 4.28. The number of benzene rings is 3. The molecule has 2 unspecified atom stereocenters. The molecule has 0 fully saturated rings. The van der Waals surface area contributed by atoms with E-state index in [1.165, 1.54) is 0 Å². The second-order valence-electron chi connectivity index (χ2n) is 7.30. The van der Waals surface area contributed by atoms with E-state index in [0.29, 0.717) is 16.8 Å². The Morgan fingerprint density at radius 2 is 1.47 bits per heavy atom. The normalized spacial score (nSPS) is 20.3. The molecule has 1 aliphatic heterocycles. The third-order valence-electron chi connectivity index (χ3n) is 5.51. The third kappa shape index (κ3) is 3.12. The first-order valence-corrected chi connectivity index (χ1v) is 10.4. The molecule has 2 aliphatic rings. The van der Waals surface area contributed by atoms with Crippen molar-refractivity contribution in [2.24, 2.45) is 10.2 Å². The summed E-state index contributed by atoms with van der Waals surface area (Å²) < 4.78 is 0.996. The van der Waals surface area contributed by atoms with Crippen molar-refractivity contribution in [2.75, 3.05) is 0 Å². The molecule has 0 radical (unpaired) electrons. The van der Waals surface area contributed by atoms with Crippen LogP contribution in [0.1, 0.15) is 39.0 Å². The van der Waals surface area contributed by atoms with Gasteiger partial charge >= 0.3 is 0 Å². The molecule has 30 heavy (non-hydrogen) atoms. The zero-order valence-corrected chi connectivity index (χ0v) is 17.5. The van der Waals surface area contributed by atoms with Crippen LogP contribution < -0.4 is 0 Å². The summed E-state index contributed by atoms with van der Waals surface area (Å²) in [5.41, 5.74) is 3.77. The number of halogens is 1. The first-order chi connectivity index (χ1) is 14.6. The van der Waals surface area contributed by atoms with Gasteiger partial charge in [0.2, 0.25) is 0 Å². The van der Waals surface area contributed by atoms with Crippen molar-refractivity contribution >= 4 is 27.5 Å². The van der Waals surface area contributed by atoms with Crippen LogP contribution in [0, 0.1) is 0 Å². The predicted octanol–water partition coefficient (Wildman–Crippen LogP) is 6.79. The summed E-state index contributed by atoms with van der Waals surface area (Å²) >= 11 is 3.47. The molecule has 4 nitrogen and oxygen atoms in total. The second kappa shape index (κ2) is 7.50. The van der Waals surface area contributed by atoms with Gasteiger partial charge in [-0.2, -0.15) is 10.2 Å². The fraction of sp³-hybridized carbons (Fsp3) is 0.0800. The van der Waals surface area contributed by atoms with Crippen molar-refractivity contribution in [3.8, 4) is 0 Å². The Kier molecular flexibility index (Phi) is 4.68. The number of aliphatic hydroxyl groups excluding tert-OH is 1. The molecule has 2 atom stereocenters. The van der Waals surface area contributed by atoms with Gasteiger partial charge in [0.15, 0.2) is 5.78 Å². The molecule has 0 aromatic heterocycles. The number of carbonyl (C=O) groups excluding carboxylic acids is 1. The quantitative estimate of drug-likeness (QED) is 0.471. The molecule has 1 heterocycles. The summed E-state index contributed by atoms with van der Waals surface area (Å²) in [5, 5.41) is 19.7. The van der Waals surface area contributed by atoms with E-state index in [-0.39, 0.29) is 29.1 Å². The van der Waals surface area contributed by atoms with E-state index in [1.807, 2.05) is 60.7 Å². The molecule has 0 amide bonds. The highest BCUT2D eigenvalue weighted by Gasteiger charge is 2.35. The van der Waals surface area contributed by atoms with E-state index < -0.39 is 0 Å². The van der Waals surface area contributed by atoms with Crippen molar-refractivity contribution in [2.45, 2.75) is 12.0 Å². The lowest BCUT2D eigenvalue weighted by molar-refractivity contribution is 0.103. The van der Waals surface area contributed by atoms with Crippen LogP contribution in [0.4, 0.5) is 0 Å². The largest absolute Gasteiger partial charge is 0.506 e. The maximum absolute atomic E-state index is 13.0. The van der Waals surface area contributed by atoms with Gasteiger partial charge in [-0.25, -0.2) is 0 Å². The molecule has 5 heteroatoms. The minimum atomic E-state index is -0.220. The summed E-state index contributed by atoms with van der Waals surface area (Å²) in [6.07, 6.45) is 1.95. The number of hydrogen-bond donors (Lipinski definition) is 1. The van der Waals surface area contributed by atoms with E-state index in [0.717, 1.165) is 15.6 Å². The highest BCUT2D eigenvalue weighted by molar-refractivity contribution is 9.10. The Morgan fingerprint density at radius 3 is 2.17 bits per heavy atom. The summed E-state index contributed by atoms with van der Waals surface area (Å²) in [7, 11) is 0. The lowest BCUT2D eigenvalue weighted by Gasteiger charge is -2.25. The zero-order chi connectivity index (χ0) is 20.7. The van der Waals surface area contributed by atoms with Gasteiger partial charge in [-0.05, 0) is 29.3 Å². The zero-order valence-electron chi connectivity index (χ0n) is 15.9. The number of fused-ring (bicyclic) bond motifs is 1. The number of nitrogens with zero attached hydrogens (tertiary/aromatic N) is 2. The number of carbonyl (C=O) groups is 1. The number of rotatable bonds is 3. The summed E-state index contributed by atoms with van der Waals surface area (Å²) in [4.78, 5) is 13.0. The van der Waals surface area contributed by atoms with Crippen molar-refractivity contribution in [1.29, 1.82) is 0 Å². The van der Waals surface area contributed by atoms with E-state index >= 15 is 0 Å². The van der Waals surface area contributed by atoms with Crippen molar-refractivity contribution in [3.05, 3.63) is 123 Å². The van der Waals surface area contributed by atoms with Crippen LogP contribution in [0.15, 0.2) is 111 Å². The maximum atomic E-state index is 13.0. The molecule has 0 saturated carbocycles. The van der Waals surface area contributed by atoms with Crippen LogP contribution in [0.25, 0.3) is 5.76 Å². The molecule has 1 N–H and O–H groups in total. The van der Waals surface area contributed by atoms with Crippen molar-refractivity contribution in [3.63, 3.8) is 0 Å². The number of hydrogen-bond acceptors (Lipinski definition) is 4. The minimum Gasteiger partial charge on any atom is -0.506 e. The number of aliphatic hydroxyl groups is 1. The van der Waals surface area contributed by atoms with Gasteiger partial charge in [-0.3, -0.25) is 4.79 Å². The first kappa shape index (κ1) is 18.7. The predicted molar refractivity (Wildman–Crippen MR) is 119 cm³/mol. The van der Waals surface area contributed by atoms with E-state index in [9.17, 15) is 9.90 Å². The van der Waals surface area contributed by atoms with E-state index in [2.05, 4.69) is 26.2 Å². The Balaban J connectivity index is 1.60. The molecular formula is C25H17BrN2O2. The number of ketones is 1. The molecule has 5 rings (SSSR count). The lowest BCUT2D eigenvalue weighted by Crippen LogP contribution is -2.13. The van der Waals surface area contributed by atoms with Crippen LogP contribution in [-0.4, -0.2) is 10.9 Å². The average molecular weight is 457 g/mol. The Morgan fingerprint density at radius 1 is 0.800 bits per heavy atom. The van der Waals surface area contributed by atoms with Gasteiger partial charge in [0, 0.05) is 21.5 Å². The Bertz CT molecular complexity index is 1230. The summed E-state index contributed by atoms with van der Waals surface area (Å²) in [6.45, 7) is 0. The van der Waals surface area contributed by atoms with E-state index in [4.69, 9.17) is 0 Å². The molecule has 3 aromatic carbocycles. The van der Waals surface area contributed by atoms with Gasteiger partial charge < -0.3 is 5.11 Å². The number of azo groups is 1. The van der Waals surface area contributed by atoms with Crippen LogP contribution >= 0.6 is 15.9 Å². The van der Waals surface area contributed by atoms with Gasteiger partial charge in [0.05, 0.1) is 11.3 Å². The smallest absolute Gasteiger partial charge is 0.199 e. The highest BCUT2D eigenvalue weighted by Crippen LogP contribution is 2.44. The Labute approximate surface area is 182 Å². The molecule has 0 saturated heterocycles. The van der Waals surface area contributed by atoms with Crippen LogP contribution in [0.5, 0.6) is 0 Å². The standard InChI is InChI=1S/C25H17BrN2O2/c26-17-12-10-16(11-13-17)23-20(15-6-2-1-3-7-15)14-21(27-28-23)22-24(29)18-8-4-5-9-19(18)25(22)30/h1-14,20,23,29H. The Hall–Kier alpha value is -3.31. The molecule has 0 spiro atoms. The second-order valence-corrected chi connectivity index (χ2v) is 8.21. The monoisotopic (exact) mass is 456 g/mol. The highest BCUT2D eigenvalue weighted by atomic mass is 79.9. The molecule has 1 aliphatic carbocycles. The topological polar surface area (TPSA) is 62.0 Å². The van der Waals surface area contributed by atoms with Gasteiger partial charge in [-0.15, -0.1) is 0 Å². The molecule has 0 bridgehead atoms. The third-order valence-corrected chi connectivity index (χ3v) is 6.04. The molecule has 146 valence electrons. The molecular weight excluding hydrogens is 440 g/mol. The summed E-state index contributed by atoms with van der Waals surface area (Å²) in [5.74, 6) is -0.367. The fourth-order valence-electron chi connectivity index (χ4n) is 4.01. The lowest BCUT2D eigenvalue weighted by atomic mass is 9.85. The number of Topliss-reactive ketones (excluding diaryl/α,β-unsaturated/α-hetero) is 1. The van der Waals surface area contributed by atoms with Crippen LogP contribution in [0.3, 0.4) is 0 Å². The van der Waals surface area contributed by atoms with Crippen molar-refractivity contribution in [1.82, 2.24) is 0 Å².